The summed E-state index contributed by atoms with van der Waals surface area (Å²) in [6, 6.07) is 9.69. The molecule has 112 valence electrons. The molecule has 1 aromatic carbocycles. The number of carbonyl (C=O) groups is 1. The Kier molecular flexibility index (Phi) is 4.15. The fourth-order valence-corrected chi connectivity index (χ4v) is 2.62. The number of hydrogen-bond acceptors (Lipinski definition) is 3. The van der Waals surface area contributed by atoms with Gasteiger partial charge in [0.1, 0.15) is 5.60 Å². The number of hydrogen-bond donors (Lipinski definition) is 0. The van der Waals surface area contributed by atoms with Gasteiger partial charge in [0.2, 0.25) is 0 Å². The first-order chi connectivity index (χ1) is 9.76. The summed E-state index contributed by atoms with van der Waals surface area (Å²) in [7, 11) is 0. The lowest BCUT2D eigenvalue weighted by Crippen LogP contribution is -2.61. The second kappa shape index (κ2) is 5.57. The number of nitriles is 1. The Balaban J connectivity index is 2.10. The van der Waals surface area contributed by atoms with Crippen LogP contribution in [0.3, 0.4) is 0 Å². The minimum absolute atomic E-state index is 0.309. The number of nitrogens with zero attached hydrogens (tertiary/aromatic N) is 2. The van der Waals surface area contributed by atoms with Gasteiger partial charge in [-0.1, -0.05) is 23.7 Å². The van der Waals surface area contributed by atoms with Gasteiger partial charge in [-0.05, 0) is 38.5 Å². The van der Waals surface area contributed by atoms with E-state index in [0.717, 1.165) is 5.56 Å². The molecule has 5 heteroatoms. The van der Waals surface area contributed by atoms with Crippen molar-refractivity contribution in [3.63, 3.8) is 0 Å². The van der Waals surface area contributed by atoms with E-state index in [2.05, 4.69) is 6.07 Å². The van der Waals surface area contributed by atoms with Gasteiger partial charge < -0.3 is 9.64 Å². The van der Waals surface area contributed by atoms with Gasteiger partial charge in [0.05, 0.1) is 6.07 Å². The fraction of sp³-hybridized carbons (Fsp3) is 0.500. The van der Waals surface area contributed by atoms with E-state index in [1.807, 2.05) is 45.0 Å². The minimum Gasteiger partial charge on any atom is -0.444 e. The van der Waals surface area contributed by atoms with Gasteiger partial charge in [0, 0.05) is 29.9 Å². The summed E-state index contributed by atoms with van der Waals surface area (Å²) in [5.74, 6) is 0. The predicted molar refractivity (Wildman–Crippen MR) is 81.2 cm³/mol. The van der Waals surface area contributed by atoms with Gasteiger partial charge in [0.15, 0.2) is 0 Å². The molecule has 0 atom stereocenters. The van der Waals surface area contributed by atoms with Crippen LogP contribution in [0.25, 0.3) is 0 Å². The molecule has 1 heterocycles. The van der Waals surface area contributed by atoms with Gasteiger partial charge >= 0.3 is 6.09 Å². The summed E-state index contributed by atoms with van der Waals surface area (Å²) >= 11 is 5.90. The maximum absolute atomic E-state index is 12.0. The normalized spacial score (nSPS) is 16.8. The average molecular weight is 307 g/mol. The van der Waals surface area contributed by atoms with Gasteiger partial charge in [0.25, 0.3) is 0 Å². The molecule has 0 aliphatic carbocycles. The highest BCUT2D eigenvalue weighted by Gasteiger charge is 2.47. The number of benzene rings is 1. The summed E-state index contributed by atoms with van der Waals surface area (Å²) in [6.07, 6.45) is 0.0403. The van der Waals surface area contributed by atoms with Crippen LogP contribution < -0.4 is 0 Å². The zero-order valence-corrected chi connectivity index (χ0v) is 13.3. The quantitative estimate of drug-likeness (QED) is 0.836. The third kappa shape index (κ3) is 3.48. The third-order valence-corrected chi connectivity index (χ3v) is 3.76. The monoisotopic (exact) mass is 306 g/mol. The Morgan fingerprint density at radius 1 is 1.38 bits per heavy atom. The molecule has 0 unspecified atom stereocenters. The first-order valence-corrected chi connectivity index (χ1v) is 7.24. The second-order valence-electron chi connectivity index (χ2n) is 6.46. The molecule has 0 aromatic heterocycles. The van der Waals surface area contributed by atoms with E-state index in [1.54, 1.807) is 4.90 Å². The summed E-state index contributed by atoms with van der Waals surface area (Å²) in [4.78, 5) is 13.7. The van der Waals surface area contributed by atoms with Crippen molar-refractivity contribution in [1.82, 2.24) is 4.90 Å². The van der Waals surface area contributed by atoms with Crippen LogP contribution in [0.2, 0.25) is 5.02 Å². The lowest BCUT2D eigenvalue weighted by atomic mass is 9.72. The average Bonchev–Trinajstić information content (AvgIpc) is 2.32. The molecule has 1 fully saturated rings. The standard InChI is InChI=1S/C16H19ClN2O2/c1-15(2,3)21-14(20)19-10-16(11-19,8-9-18)12-4-6-13(17)7-5-12/h4-7H,8,10-11H2,1-3H3. The molecule has 2 rings (SSSR count). The molecule has 0 radical (unpaired) electrons. The highest BCUT2D eigenvalue weighted by atomic mass is 35.5. The number of halogens is 1. The van der Waals surface area contributed by atoms with Gasteiger partial charge in [-0.25, -0.2) is 4.79 Å². The molecular formula is C16H19ClN2O2. The van der Waals surface area contributed by atoms with Crippen LogP contribution in [0.1, 0.15) is 32.8 Å². The molecule has 1 aliphatic heterocycles. The highest BCUT2D eigenvalue weighted by Crippen LogP contribution is 2.38. The van der Waals surface area contributed by atoms with E-state index < -0.39 is 5.60 Å². The van der Waals surface area contributed by atoms with Crippen molar-refractivity contribution < 1.29 is 9.53 Å². The summed E-state index contributed by atoms with van der Waals surface area (Å²) in [5.41, 5.74) is 0.217. The van der Waals surface area contributed by atoms with Crippen LogP contribution >= 0.6 is 11.6 Å². The molecule has 1 amide bonds. The summed E-state index contributed by atoms with van der Waals surface area (Å²) in [6.45, 7) is 6.51. The summed E-state index contributed by atoms with van der Waals surface area (Å²) < 4.78 is 5.35. The van der Waals surface area contributed by atoms with Gasteiger partial charge in [-0.3, -0.25) is 0 Å². The Bertz CT molecular complexity index is 563. The van der Waals surface area contributed by atoms with Crippen molar-refractivity contribution in [3.8, 4) is 6.07 Å². The third-order valence-electron chi connectivity index (χ3n) is 3.51. The van der Waals surface area contributed by atoms with E-state index in [-0.39, 0.29) is 11.5 Å². The fourth-order valence-electron chi connectivity index (χ4n) is 2.49. The number of ether oxygens (including phenoxy) is 1. The molecule has 21 heavy (non-hydrogen) atoms. The predicted octanol–water partition coefficient (Wildman–Crippen LogP) is 3.74. The zero-order valence-electron chi connectivity index (χ0n) is 12.5. The van der Waals surface area contributed by atoms with Crippen molar-refractivity contribution in [2.24, 2.45) is 0 Å². The first kappa shape index (κ1) is 15.7. The topological polar surface area (TPSA) is 53.3 Å². The Hall–Kier alpha value is -1.73. The molecule has 1 aromatic rings. The first-order valence-electron chi connectivity index (χ1n) is 6.87. The van der Waals surface area contributed by atoms with Crippen molar-refractivity contribution in [3.05, 3.63) is 34.9 Å². The largest absolute Gasteiger partial charge is 0.444 e. The lowest BCUT2D eigenvalue weighted by Gasteiger charge is -2.49. The van der Waals surface area contributed by atoms with E-state index in [1.165, 1.54) is 0 Å². The van der Waals surface area contributed by atoms with Crippen molar-refractivity contribution >= 4 is 17.7 Å². The molecule has 0 N–H and O–H groups in total. The van der Waals surface area contributed by atoms with E-state index in [9.17, 15) is 4.79 Å². The minimum atomic E-state index is -0.509. The Morgan fingerprint density at radius 3 is 2.43 bits per heavy atom. The maximum Gasteiger partial charge on any atom is 0.410 e. The van der Waals surface area contributed by atoms with E-state index in [4.69, 9.17) is 21.6 Å². The molecular weight excluding hydrogens is 288 g/mol. The highest BCUT2D eigenvalue weighted by molar-refractivity contribution is 6.30. The molecule has 0 bridgehead atoms. The van der Waals surface area contributed by atoms with Crippen LogP contribution in [0.4, 0.5) is 4.79 Å². The van der Waals surface area contributed by atoms with E-state index >= 15 is 0 Å². The molecule has 1 aliphatic rings. The molecule has 0 spiro atoms. The van der Waals surface area contributed by atoms with Gasteiger partial charge in [-0.2, -0.15) is 5.26 Å². The smallest absolute Gasteiger partial charge is 0.410 e. The van der Waals surface area contributed by atoms with Crippen LogP contribution in [0, 0.1) is 11.3 Å². The van der Waals surface area contributed by atoms with E-state index in [0.29, 0.717) is 24.5 Å². The number of carbonyl (C=O) groups excluding carboxylic acids is 1. The molecule has 4 nitrogen and oxygen atoms in total. The van der Waals surface area contributed by atoms with Crippen molar-refractivity contribution in [2.45, 2.75) is 38.2 Å². The molecule has 1 saturated heterocycles. The van der Waals surface area contributed by atoms with Crippen molar-refractivity contribution in [1.29, 1.82) is 5.26 Å². The number of amides is 1. The number of likely N-dealkylation sites (tertiary alicyclic amines) is 1. The Morgan fingerprint density at radius 2 is 1.95 bits per heavy atom. The summed E-state index contributed by atoms with van der Waals surface area (Å²) in [5, 5.41) is 9.74. The van der Waals surface area contributed by atoms with Crippen LogP contribution in [0.5, 0.6) is 0 Å². The molecule has 0 saturated carbocycles. The zero-order chi connectivity index (χ0) is 15.7. The van der Waals surface area contributed by atoms with Crippen LogP contribution in [-0.4, -0.2) is 29.7 Å². The van der Waals surface area contributed by atoms with Gasteiger partial charge in [-0.15, -0.1) is 0 Å². The SMILES string of the molecule is CC(C)(C)OC(=O)N1CC(CC#N)(c2ccc(Cl)cc2)C1. The van der Waals surface area contributed by atoms with Crippen molar-refractivity contribution in [2.75, 3.05) is 13.1 Å². The second-order valence-corrected chi connectivity index (χ2v) is 6.89. The lowest BCUT2D eigenvalue weighted by molar-refractivity contribution is -0.00918. The number of rotatable bonds is 2. The Labute approximate surface area is 130 Å². The van der Waals surface area contributed by atoms with Crippen LogP contribution in [-0.2, 0) is 10.2 Å². The van der Waals surface area contributed by atoms with Crippen LogP contribution in [0.15, 0.2) is 24.3 Å². The maximum atomic E-state index is 12.0.